The van der Waals surface area contributed by atoms with Crippen LogP contribution in [0.1, 0.15) is 54.8 Å². The van der Waals surface area contributed by atoms with Gasteiger partial charge < -0.3 is 19.5 Å². The van der Waals surface area contributed by atoms with Gasteiger partial charge in [0, 0.05) is 25.1 Å². The predicted molar refractivity (Wildman–Crippen MR) is 96.3 cm³/mol. The average Bonchev–Trinajstić information content (AvgIpc) is 3.06. The van der Waals surface area contributed by atoms with E-state index in [0.717, 1.165) is 18.4 Å². The van der Waals surface area contributed by atoms with E-state index < -0.39 is 5.92 Å². The lowest BCUT2D eigenvalue weighted by Crippen LogP contribution is -2.36. The fourth-order valence-electron chi connectivity index (χ4n) is 3.50. The molecule has 2 aromatic rings. The number of hydrogen-bond acceptors (Lipinski definition) is 6. The molecule has 1 aliphatic heterocycles. The number of aromatic nitrogens is 2. The molecule has 2 aliphatic rings. The summed E-state index contributed by atoms with van der Waals surface area (Å²) in [5, 5.41) is 6.80. The van der Waals surface area contributed by atoms with E-state index in [0.29, 0.717) is 29.1 Å². The lowest BCUT2D eigenvalue weighted by molar-refractivity contribution is -0.134. The fraction of sp³-hybridized carbons (Fsp3) is 0.474. The van der Waals surface area contributed by atoms with Crippen LogP contribution in [0.15, 0.2) is 22.7 Å². The maximum atomic E-state index is 13.0. The second-order valence-electron chi connectivity index (χ2n) is 7.13. The van der Waals surface area contributed by atoms with E-state index in [2.05, 4.69) is 15.5 Å². The standard InChI is InChI=1S/C19H22N4O4/c1-23(10-16-21-18(27-22-16)11-4-3-5-11)19(25)14-9-17(24)20-15-7-6-12(26-2)8-13(14)15/h6-8,11,14H,3-5,9-10H2,1-2H3,(H,20,24)/t14-/m0/s1. The Morgan fingerprint density at radius 1 is 1.41 bits per heavy atom. The highest BCUT2D eigenvalue weighted by Gasteiger charge is 2.33. The first-order valence-electron chi connectivity index (χ1n) is 9.10. The Labute approximate surface area is 156 Å². The van der Waals surface area contributed by atoms with Gasteiger partial charge in [-0.1, -0.05) is 11.6 Å². The number of anilines is 1. The quantitative estimate of drug-likeness (QED) is 0.868. The van der Waals surface area contributed by atoms with Crippen molar-refractivity contribution in [2.45, 2.75) is 44.1 Å². The van der Waals surface area contributed by atoms with E-state index in [-0.39, 0.29) is 24.8 Å². The Hall–Kier alpha value is -2.90. The largest absolute Gasteiger partial charge is 0.497 e. The fourth-order valence-corrected chi connectivity index (χ4v) is 3.50. The number of hydrogen-bond donors (Lipinski definition) is 1. The molecule has 1 aliphatic carbocycles. The molecule has 0 unspecified atom stereocenters. The molecule has 27 heavy (non-hydrogen) atoms. The number of fused-ring (bicyclic) bond motifs is 1. The number of carbonyl (C=O) groups excluding carboxylic acids is 2. The normalized spacial score (nSPS) is 19.0. The van der Waals surface area contributed by atoms with Crippen molar-refractivity contribution in [2.24, 2.45) is 0 Å². The molecule has 0 radical (unpaired) electrons. The van der Waals surface area contributed by atoms with Gasteiger partial charge >= 0.3 is 0 Å². The summed E-state index contributed by atoms with van der Waals surface area (Å²) in [5.41, 5.74) is 1.40. The van der Waals surface area contributed by atoms with E-state index in [1.54, 1.807) is 37.3 Å². The Bertz CT molecular complexity index is 874. The van der Waals surface area contributed by atoms with E-state index in [4.69, 9.17) is 9.26 Å². The molecule has 0 spiro atoms. The molecule has 1 fully saturated rings. The number of nitrogens with one attached hydrogen (secondary N) is 1. The first-order valence-corrected chi connectivity index (χ1v) is 9.10. The van der Waals surface area contributed by atoms with Gasteiger partial charge in [-0.25, -0.2) is 0 Å². The highest BCUT2D eigenvalue weighted by atomic mass is 16.5. The topological polar surface area (TPSA) is 97.6 Å². The van der Waals surface area contributed by atoms with E-state index in [9.17, 15) is 9.59 Å². The van der Waals surface area contributed by atoms with Crippen LogP contribution in [-0.4, -0.2) is 41.0 Å². The summed E-state index contributed by atoms with van der Waals surface area (Å²) in [6, 6.07) is 5.32. The van der Waals surface area contributed by atoms with Gasteiger partial charge in [-0.3, -0.25) is 9.59 Å². The van der Waals surface area contributed by atoms with Crippen molar-refractivity contribution in [1.82, 2.24) is 15.0 Å². The van der Waals surface area contributed by atoms with Crippen molar-refractivity contribution < 1.29 is 18.8 Å². The number of likely N-dealkylation sites (N-methyl/N-ethyl adjacent to an activating group) is 1. The maximum absolute atomic E-state index is 13.0. The minimum atomic E-state index is -0.563. The van der Waals surface area contributed by atoms with Crippen molar-refractivity contribution in [2.75, 3.05) is 19.5 Å². The Morgan fingerprint density at radius 2 is 2.22 bits per heavy atom. The molecular formula is C19H22N4O4. The van der Waals surface area contributed by atoms with Crippen molar-refractivity contribution in [1.29, 1.82) is 0 Å². The summed E-state index contributed by atoms with van der Waals surface area (Å²) >= 11 is 0. The van der Waals surface area contributed by atoms with Gasteiger partial charge in [0.25, 0.3) is 0 Å². The summed E-state index contributed by atoms with van der Waals surface area (Å²) in [7, 11) is 3.26. The molecule has 1 atom stereocenters. The molecule has 1 saturated carbocycles. The van der Waals surface area contributed by atoms with Crippen LogP contribution in [0, 0.1) is 0 Å². The van der Waals surface area contributed by atoms with Crippen molar-refractivity contribution >= 4 is 17.5 Å². The Balaban J connectivity index is 1.51. The lowest BCUT2D eigenvalue weighted by Gasteiger charge is -2.28. The lowest BCUT2D eigenvalue weighted by atomic mass is 9.85. The third-order valence-electron chi connectivity index (χ3n) is 5.29. The molecule has 8 heteroatoms. The molecular weight excluding hydrogens is 348 g/mol. The molecule has 2 amide bonds. The van der Waals surface area contributed by atoms with Gasteiger partial charge in [-0.2, -0.15) is 4.98 Å². The molecule has 0 bridgehead atoms. The SMILES string of the molecule is COc1ccc2c(c1)[C@@H](C(=O)N(C)Cc1noc(C3CCC3)n1)CC(=O)N2. The first kappa shape index (κ1) is 17.5. The average molecular weight is 370 g/mol. The van der Waals surface area contributed by atoms with Gasteiger partial charge in [0.1, 0.15) is 5.75 Å². The number of benzene rings is 1. The molecule has 142 valence electrons. The van der Waals surface area contributed by atoms with Crippen molar-refractivity contribution in [3.8, 4) is 5.75 Å². The minimum Gasteiger partial charge on any atom is -0.497 e. The van der Waals surface area contributed by atoms with Crippen LogP contribution in [0.3, 0.4) is 0 Å². The number of nitrogens with zero attached hydrogens (tertiary/aromatic N) is 3. The van der Waals surface area contributed by atoms with Crippen LogP contribution in [0.2, 0.25) is 0 Å². The summed E-state index contributed by atoms with van der Waals surface area (Å²) in [6.07, 6.45) is 3.44. The summed E-state index contributed by atoms with van der Waals surface area (Å²) < 4.78 is 10.6. The van der Waals surface area contributed by atoms with Crippen LogP contribution in [0.5, 0.6) is 5.75 Å². The third kappa shape index (κ3) is 3.39. The Morgan fingerprint density at radius 3 is 2.93 bits per heavy atom. The minimum absolute atomic E-state index is 0.100. The molecule has 2 heterocycles. The molecule has 4 rings (SSSR count). The van der Waals surface area contributed by atoms with E-state index in [1.165, 1.54) is 6.42 Å². The monoisotopic (exact) mass is 370 g/mol. The maximum Gasteiger partial charge on any atom is 0.230 e. The van der Waals surface area contributed by atoms with Crippen molar-refractivity contribution in [3.05, 3.63) is 35.5 Å². The van der Waals surface area contributed by atoms with Crippen molar-refractivity contribution in [3.63, 3.8) is 0 Å². The zero-order valence-electron chi connectivity index (χ0n) is 15.4. The van der Waals surface area contributed by atoms with Gasteiger partial charge in [0.05, 0.1) is 19.6 Å². The highest BCUT2D eigenvalue weighted by Crippen LogP contribution is 2.37. The van der Waals surface area contributed by atoms with Crippen LogP contribution in [0.25, 0.3) is 0 Å². The predicted octanol–water partition coefficient (Wildman–Crippen LogP) is 2.43. The first-order chi connectivity index (χ1) is 13.0. The molecule has 8 nitrogen and oxygen atoms in total. The number of amides is 2. The van der Waals surface area contributed by atoms with Gasteiger partial charge in [0.2, 0.25) is 17.7 Å². The zero-order valence-corrected chi connectivity index (χ0v) is 15.4. The second-order valence-corrected chi connectivity index (χ2v) is 7.13. The van der Waals surface area contributed by atoms with Crippen LogP contribution < -0.4 is 10.1 Å². The zero-order chi connectivity index (χ0) is 19.0. The molecule has 1 N–H and O–H groups in total. The number of rotatable bonds is 5. The number of carbonyl (C=O) groups is 2. The van der Waals surface area contributed by atoms with Crippen LogP contribution in [-0.2, 0) is 16.1 Å². The molecule has 1 aromatic carbocycles. The van der Waals surface area contributed by atoms with Crippen LogP contribution >= 0.6 is 0 Å². The van der Waals surface area contributed by atoms with Crippen LogP contribution in [0.4, 0.5) is 5.69 Å². The number of methoxy groups -OCH3 is 1. The summed E-state index contributed by atoms with van der Waals surface area (Å²) in [5.74, 6) is 1.25. The molecule has 0 saturated heterocycles. The third-order valence-corrected chi connectivity index (χ3v) is 5.29. The second kappa shape index (κ2) is 7.02. The summed E-state index contributed by atoms with van der Waals surface area (Å²) in [4.78, 5) is 31.0. The molecule has 1 aromatic heterocycles. The summed E-state index contributed by atoms with van der Waals surface area (Å²) in [6.45, 7) is 0.243. The number of ether oxygens (including phenoxy) is 1. The smallest absolute Gasteiger partial charge is 0.230 e. The van der Waals surface area contributed by atoms with E-state index in [1.807, 2.05) is 0 Å². The van der Waals surface area contributed by atoms with Gasteiger partial charge in [0.15, 0.2) is 5.82 Å². The highest BCUT2D eigenvalue weighted by molar-refractivity contribution is 6.01. The Kier molecular flexibility index (Phi) is 4.55. The van der Waals surface area contributed by atoms with E-state index >= 15 is 0 Å². The van der Waals surface area contributed by atoms with Gasteiger partial charge in [-0.15, -0.1) is 0 Å². The van der Waals surface area contributed by atoms with Gasteiger partial charge in [-0.05, 0) is 36.6 Å².